The van der Waals surface area contributed by atoms with Crippen molar-refractivity contribution < 1.29 is 4.79 Å². The van der Waals surface area contributed by atoms with Gasteiger partial charge in [-0.15, -0.1) is 0 Å². The Morgan fingerprint density at radius 1 is 1.45 bits per heavy atom. The minimum atomic E-state index is 0.0569. The summed E-state index contributed by atoms with van der Waals surface area (Å²) in [6, 6.07) is 6.51. The van der Waals surface area contributed by atoms with Gasteiger partial charge < -0.3 is 11.1 Å². The van der Waals surface area contributed by atoms with Gasteiger partial charge in [0, 0.05) is 18.3 Å². The highest BCUT2D eigenvalue weighted by Gasteiger charge is 2.29. The Hall–Kier alpha value is -1.39. The molecule has 1 amide bonds. The molecule has 4 heteroatoms. The van der Waals surface area contributed by atoms with Gasteiger partial charge >= 0.3 is 0 Å². The summed E-state index contributed by atoms with van der Waals surface area (Å²) in [4.78, 5) is 14.4. The first-order chi connectivity index (χ1) is 9.49. The van der Waals surface area contributed by atoms with Gasteiger partial charge in [-0.05, 0) is 51.3 Å². The number of carbonyl (C=O) groups excluding carboxylic acids is 1. The van der Waals surface area contributed by atoms with Gasteiger partial charge in [0.05, 0.1) is 6.54 Å². The lowest BCUT2D eigenvalue weighted by molar-refractivity contribution is -0.117. The Kier molecular flexibility index (Phi) is 4.78. The maximum absolute atomic E-state index is 12.2. The summed E-state index contributed by atoms with van der Waals surface area (Å²) in [6.07, 6.45) is 1.09. The molecule has 1 aliphatic heterocycles. The standard InChI is InChI=1S/C16H25N3O/c1-11-4-5-15(12(2)6-11)18-16(20)10-19-9-14(8-17)7-13(19)3/h4-6,13-14H,7-10,17H2,1-3H3,(H,18,20). The molecule has 0 radical (unpaired) electrons. The van der Waals surface area contributed by atoms with Gasteiger partial charge in [-0.1, -0.05) is 17.7 Å². The molecule has 1 heterocycles. The fraction of sp³-hybridized carbons (Fsp3) is 0.562. The van der Waals surface area contributed by atoms with Gasteiger partial charge in [-0.25, -0.2) is 0 Å². The third kappa shape index (κ3) is 3.58. The van der Waals surface area contributed by atoms with Crippen molar-refractivity contribution in [2.75, 3.05) is 25.0 Å². The topological polar surface area (TPSA) is 58.4 Å². The maximum Gasteiger partial charge on any atom is 0.238 e. The zero-order valence-electron chi connectivity index (χ0n) is 12.6. The number of amides is 1. The van der Waals surface area contributed by atoms with Crippen LogP contribution in [-0.4, -0.2) is 36.5 Å². The molecule has 3 N–H and O–H groups in total. The smallest absolute Gasteiger partial charge is 0.238 e. The van der Waals surface area contributed by atoms with Crippen LogP contribution in [0.25, 0.3) is 0 Å². The number of carbonyl (C=O) groups is 1. The van der Waals surface area contributed by atoms with Gasteiger partial charge in [0.15, 0.2) is 0 Å². The lowest BCUT2D eigenvalue weighted by Gasteiger charge is -2.20. The van der Waals surface area contributed by atoms with Crippen molar-refractivity contribution in [2.45, 2.75) is 33.2 Å². The fourth-order valence-corrected chi connectivity index (χ4v) is 2.94. The van der Waals surface area contributed by atoms with Gasteiger partial charge in [0.2, 0.25) is 5.91 Å². The number of anilines is 1. The zero-order chi connectivity index (χ0) is 14.7. The molecule has 110 valence electrons. The van der Waals surface area contributed by atoms with E-state index in [1.54, 1.807) is 0 Å². The van der Waals surface area contributed by atoms with E-state index in [0.717, 1.165) is 24.2 Å². The van der Waals surface area contributed by atoms with E-state index in [1.165, 1.54) is 5.56 Å². The quantitative estimate of drug-likeness (QED) is 0.882. The normalized spacial score (nSPS) is 23.0. The highest BCUT2D eigenvalue weighted by molar-refractivity contribution is 5.93. The third-order valence-electron chi connectivity index (χ3n) is 4.13. The molecule has 0 bridgehead atoms. The average molecular weight is 275 g/mol. The van der Waals surface area contributed by atoms with E-state index in [2.05, 4.69) is 30.1 Å². The van der Waals surface area contributed by atoms with Crippen molar-refractivity contribution in [3.63, 3.8) is 0 Å². The van der Waals surface area contributed by atoms with Crippen molar-refractivity contribution in [3.8, 4) is 0 Å². The molecule has 2 rings (SSSR count). The van der Waals surface area contributed by atoms with E-state index in [-0.39, 0.29) is 5.91 Å². The predicted molar refractivity (Wildman–Crippen MR) is 82.7 cm³/mol. The number of likely N-dealkylation sites (tertiary alicyclic amines) is 1. The van der Waals surface area contributed by atoms with Crippen LogP contribution in [0.2, 0.25) is 0 Å². The maximum atomic E-state index is 12.2. The number of benzene rings is 1. The van der Waals surface area contributed by atoms with E-state index in [4.69, 9.17) is 5.73 Å². The Labute approximate surface area is 121 Å². The van der Waals surface area contributed by atoms with Gasteiger partial charge in [0.1, 0.15) is 0 Å². The van der Waals surface area contributed by atoms with Crippen LogP contribution < -0.4 is 11.1 Å². The minimum Gasteiger partial charge on any atom is -0.330 e. The molecule has 1 saturated heterocycles. The van der Waals surface area contributed by atoms with Crippen molar-refractivity contribution in [3.05, 3.63) is 29.3 Å². The number of hydrogen-bond acceptors (Lipinski definition) is 3. The number of hydrogen-bond donors (Lipinski definition) is 2. The van der Waals surface area contributed by atoms with Gasteiger partial charge in [-0.2, -0.15) is 0 Å². The molecule has 1 aromatic rings. The van der Waals surface area contributed by atoms with Crippen LogP contribution in [0.15, 0.2) is 18.2 Å². The molecular weight excluding hydrogens is 250 g/mol. The molecule has 0 aromatic heterocycles. The van der Waals surface area contributed by atoms with Crippen LogP contribution in [-0.2, 0) is 4.79 Å². The van der Waals surface area contributed by atoms with Crippen LogP contribution in [0.3, 0.4) is 0 Å². The van der Waals surface area contributed by atoms with Gasteiger partial charge in [0.25, 0.3) is 0 Å². The molecule has 20 heavy (non-hydrogen) atoms. The Balaban J connectivity index is 1.92. The number of nitrogens with one attached hydrogen (secondary N) is 1. The fourth-order valence-electron chi connectivity index (χ4n) is 2.94. The predicted octanol–water partition coefficient (Wildman–Crippen LogP) is 1.91. The summed E-state index contributed by atoms with van der Waals surface area (Å²) in [5.74, 6) is 0.584. The lowest BCUT2D eigenvalue weighted by atomic mass is 10.1. The number of rotatable bonds is 4. The average Bonchev–Trinajstić information content (AvgIpc) is 2.74. The third-order valence-corrected chi connectivity index (χ3v) is 4.13. The first kappa shape index (κ1) is 15.0. The summed E-state index contributed by atoms with van der Waals surface area (Å²) in [5, 5.41) is 3.01. The molecule has 0 aliphatic carbocycles. The number of nitrogens with two attached hydrogens (primary N) is 1. The molecule has 0 saturated carbocycles. The Morgan fingerprint density at radius 3 is 2.80 bits per heavy atom. The molecule has 2 unspecified atom stereocenters. The molecule has 1 aromatic carbocycles. The first-order valence-electron chi connectivity index (χ1n) is 7.30. The Bertz CT molecular complexity index is 487. The SMILES string of the molecule is Cc1ccc(NC(=O)CN2CC(CN)CC2C)c(C)c1. The highest BCUT2D eigenvalue weighted by atomic mass is 16.2. The summed E-state index contributed by atoms with van der Waals surface area (Å²) in [7, 11) is 0. The first-order valence-corrected chi connectivity index (χ1v) is 7.30. The summed E-state index contributed by atoms with van der Waals surface area (Å²) < 4.78 is 0. The molecule has 1 fully saturated rings. The van der Waals surface area contributed by atoms with Crippen LogP contribution in [0.1, 0.15) is 24.5 Å². The van der Waals surface area contributed by atoms with E-state index >= 15 is 0 Å². The second-order valence-electron chi connectivity index (χ2n) is 5.98. The minimum absolute atomic E-state index is 0.0569. The van der Waals surface area contributed by atoms with E-state index in [1.807, 2.05) is 19.1 Å². The second kappa shape index (κ2) is 6.37. The number of nitrogens with zero attached hydrogens (tertiary/aromatic N) is 1. The van der Waals surface area contributed by atoms with Crippen molar-refractivity contribution in [1.82, 2.24) is 4.90 Å². The summed E-state index contributed by atoms with van der Waals surface area (Å²) in [6.45, 7) is 8.32. The van der Waals surface area contributed by atoms with E-state index in [9.17, 15) is 4.79 Å². The molecule has 4 nitrogen and oxygen atoms in total. The van der Waals surface area contributed by atoms with Crippen molar-refractivity contribution in [1.29, 1.82) is 0 Å². The van der Waals surface area contributed by atoms with Gasteiger partial charge in [-0.3, -0.25) is 9.69 Å². The van der Waals surface area contributed by atoms with E-state index < -0.39 is 0 Å². The molecular formula is C16H25N3O. The van der Waals surface area contributed by atoms with Crippen LogP contribution in [0.4, 0.5) is 5.69 Å². The summed E-state index contributed by atoms with van der Waals surface area (Å²) >= 11 is 0. The number of aryl methyl sites for hydroxylation is 2. The largest absolute Gasteiger partial charge is 0.330 e. The van der Waals surface area contributed by atoms with E-state index in [0.29, 0.717) is 25.0 Å². The second-order valence-corrected chi connectivity index (χ2v) is 5.98. The lowest BCUT2D eigenvalue weighted by Crippen LogP contribution is -2.36. The Morgan fingerprint density at radius 2 is 2.20 bits per heavy atom. The van der Waals surface area contributed by atoms with Crippen LogP contribution >= 0.6 is 0 Å². The van der Waals surface area contributed by atoms with Crippen molar-refractivity contribution >= 4 is 11.6 Å². The van der Waals surface area contributed by atoms with Crippen LogP contribution in [0, 0.1) is 19.8 Å². The zero-order valence-corrected chi connectivity index (χ0v) is 12.6. The monoisotopic (exact) mass is 275 g/mol. The molecule has 2 atom stereocenters. The highest BCUT2D eigenvalue weighted by Crippen LogP contribution is 2.22. The van der Waals surface area contributed by atoms with Crippen molar-refractivity contribution in [2.24, 2.45) is 11.7 Å². The molecule has 0 spiro atoms. The summed E-state index contributed by atoms with van der Waals surface area (Å²) in [5.41, 5.74) is 8.94. The molecule has 1 aliphatic rings. The van der Waals surface area contributed by atoms with Crippen LogP contribution in [0.5, 0.6) is 0 Å².